The van der Waals surface area contributed by atoms with Crippen LogP contribution in [0.3, 0.4) is 0 Å². The standard InChI is InChI=1S/C22H24N4O/c1-25-16-20(15-24-25)19-7-8-21(23-14-19)18-9-11-26(12-10-18)22(27)13-17-5-3-2-4-6-17/h2-8,14-16,18H,9-13H2,1H3. The molecular weight excluding hydrogens is 336 g/mol. The maximum atomic E-state index is 12.5. The summed E-state index contributed by atoms with van der Waals surface area (Å²) in [7, 11) is 1.91. The summed E-state index contributed by atoms with van der Waals surface area (Å²) in [6.07, 6.45) is 8.21. The predicted octanol–water partition coefficient (Wildman–Crippen LogP) is 3.43. The lowest BCUT2D eigenvalue weighted by molar-refractivity contribution is -0.131. The number of pyridine rings is 1. The van der Waals surface area contributed by atoms with Gasteiger partial charge in [-0.25, -0.2) is 0 Å². The number of hydrogen-bond acceptors (Lipinski definition) is 3. The van der Waals surface area contributed by atoms with Gasteiger partial charge >= 0.3 is 0 Å². The van der Waals surface area contributed by atoms with Gasteiger partial charge in [-0.2, -0.15) is 5.10 Å². The molecule has 4 rings (SSSR count). The van der Waals surface area contributed by atoms with Crippen molar-refractivity contribution >= 4 is 5.91 Å². The molecule has 0 saturated carbocycles. The fraction of sp³-hybridized carbons (Fsp3) is 0.318. The van der Waals surface area contributed by atoms with Crippen molar-refractivity contribution < 1.29 is 4.79 Å². The molecule has 0 bridgehead atoms. The molecule has 0 aliphatic carbocycles. The highest BCUT2D eigenvalue weighted by atomic mass is 16.2. The quantitative estimate of drug-likeness (QED) is 0.716. The first-order valence-corrected chi connectivity index (χ1v) is 9.46. The first kappa shape index (κ1) is 17.5. The monoisotopic (exact) mass is 360 g/mol. The molecule has 138 valence electrons. The van der Waals surface area contributed by atoms with Crippen LogP contribution in [0.2, 0.25) is 0 Å². The number of rotatable bonds is 4. The zero-order valence-electron chi connectivity index (χ0n) is 15.6. The van der Waals surface area contributed by atoms with Crippen LogP contribution in [-0.2, 0) is 18.3 Å². The van der Waals surface area contributed by atoms with E-state index in [2.05, 4.69) is 22.2 Å². The molecular formula is C22H24N4O. The molecule has 3 heterocycles. The van der Waals surface area contributed by atoms with Crippen LogP contribution in [0.5, 0.6) is 0 Å². The second kappa shape index (κ2) is 7.74. The number of piperidine rings is 1. The third-order valence-corrected chi connectivity index (χ3v) is 5.29. The molecule has 5 heteroatoms. The molecule has 1 saturated heterocycles. The SMILES string of the molecule is Cn1cc(-c2ccc(C3CCN(C(=O)Cc4ccccc4)CC3)nc2)cn1. The number of amides is 1. The Balaban J connectivity index is 1.34. The molecule has 27 heavy (non-hydrogen) atoms. The van der Waals surface area contributed by atoms with Crippen molar-refractivity contribution in [3.8, 4) is 11.1 Å². The van der Waals surface area contributed by atoms with Crippen LogP contribution in [0, 0.1) is 0 Å². The summed E-state index contributed by atoms with van der Waals surface area (Å²) in [5, 5.41) is 4.21. The second-order valence-electron chi connectivity index (χ2n) is 7.19. The lowest BCUT2D eigenvalue weighted by atomic mass is 9.92. The smallest absolute Gasteiger partial charge is 0.226 e. The van der Waals surface area contributed by atoms with Crippen molar-refractivity contribution in [1.29, 1.82) is 0 Å². The van der Waals surface area contributed by atoms with Gasteiger partial charge in [0.2, 0.25) is 5.91 Å². The van der Waals surface area contributed by atoms with E-state index in [0.717, 1.165) is 48.3 Å². The first-order chi connectivity index (χ1) is 13.2. The molecule has 1 aliphatic rings. The third-order valence-electron chi connectivity index (χ3n) is 5.29. The minimum Gasteiger partial charge on any atom is -0.342 e. The van der Waals surface area contributed by atoms with Crippen LogP contribution in [0.25, 0.3) is 11.1 Å². The van der Waals surface area contributed by atoms with Gasteiger partial charge in [-0.05, 0) is 24.5 Å². The van der Waals surface area contributed by atoms with E-state index in [1.165, 1.54) is 0 Å². The van der Waals surface area contributed by atoms with Gasteiger partial charge in [0.25, 0.3) is 0 Å². The van der Waals surface area contributed by atoms with Gasteiger partial charge in [0.15, 0.2) is 0 Å². The van der Waals surface area contributed by atoms with Crippen LogP contribution < -0.4 is 0 Å². The Hall–Kier alpha value is -2.95. The van der Waals surface area contributed by atoms with Crippen molar-refractivity contribution in [2.24, 2.45) is 7.05 Å². The number of likely N-dealkylation sites (tertiary alicyclic amines) is 1. The molecule has 1 fully saturated rings. The van der Waals surface area contributed by atoms with E-state index in [-0.39, 0.29) is 5.91 Å². The molecule has 0 N–H and O–H groups in total. The highest BCUT2D eigenvalue weighted by Crippen LogP contribution is 2.28. The maximum absolute atomic E-state index is 12.5. The summed E-state index contributed by atoms with van der Waals surface area (Å²) in [6, 6.07) is 14.2. The first-order valence-electron chi connectivity index (χ1n) is 9.46. The van der Waals surface area contributed by atoms with E-state index in [9.17, 15) is 4.79 Å². The van der Waals surface area contributed by atoms with Gasteiger partial charge in [0, 0.05) is 55.3 Å². The Morgan fingerprint density at radius 3 is 2.44 bits per heavy atom. The van der Waals surface area contributed by atoms with E-state index >= 15 is 0 Å². The summed E-state index contributed by atoms with van der Waals surface area (Å²) in [4.78, 5) is 19.2. The van der Waals surface area contributed by atoms with Gasteiger partial charge in [-0.1, -0.05) is 36.4 Å². The van der Waals surface area contributed by atoms with Gasteiger partial charge < -0.3 is 4.90 Å². The van der Waals surface area contributed by atoms with Crippen molar-refractivity contribution in [3.63, 3.8) is 0 Å². The summed E-state index contributed by atoms with van der Waals surface area (Å²) in [6.45, 7) is 1.62. The Labute approximate surface area is 159 Å². The number of aromatic nitrogens is 3. The van der Waals surface area contributed by atoms with Crippen molar-refractivity contribution in [2.45, 2.75) is 25.2 Å². The number of nitrogens with zero attached hydrogens (tertiary/aromatic N) is 4. The predicted molar refractivity (Wildman–Crippen MR) is 105 cm³/mol. The van der Waals surface area contributed by atoms with E-state index in [1.54, 1.807) is 4.68 Å². The summed E-state index contributed by atoms with van der Waals surface area (Å²) >= 11 is 0. The topological polar surface area (TPSA) is 51.0 Å². The van der Waals surface area contributed by atoms with Crippen LogP contribution in [-0.4, -0.2) is 38.7 Å². The minimum absolute atomic E-state index is 0.222. The minimum atomic E-state index is 0.222. The van der Waals surface area contributed by atoms with Crippen LogP contribution in [0.1, 0.15) is 30.0 Å². The van der Waals surface area contributed by atoms with Gasteiger partial charge in [0.1, 0.15) is 0 Å². The zero-order chi connectivity index (χ0) is 18.6. The second-order valence-corrected chi connectivity index (χ2v) is 7.19. The van der Waals surface area contributed by atoms with Gasteiger partial charge in [-0.3, -0.25) is 14.5 Å². The molecule has 3 aromatic rings. The average Bonchev–Trinajstić information content (AvgIpc) is 3.15. The third kappa shape index (κ3) is 4.08. The molecule has 0 radical (unpaired) electrons. The molecule has 2 aromatic heterocycles. The molecule has 0 unspecified atom stereocenters. The summed E-state index contributed by atoms with van der Waals surface area (Å²) in [5.41, 5.74) is 4.37. The number of aryl methyl sites for hydroxylation is 1. The average molecular weight is 360 g/mol. The molecule has 1 amide bonds. The van der Waals surface area contributed by atoms with Crippen LogP contribution in [0.15, 0.2) is 61.1 Å². The lowest BCUT2D eigenvalue weighted by Crippen LogP contribution is -2.38. The number of carbonyl (C=O) groups is 1. The maximum Gasteiger partial charge on any atom is 0.226 e. The number of carbonyl (C=O) groups excluding carboxylic acids is 1. The Bertz CT molecular complexity index is 894. The zero-order valence-corrected chi connectivity index (χ0v) is 15.6. The summed E-state index contributed by atoms with van der Waals surface area (Å²) in [5.74, 6) is 0.647. The number of benzene rings is 1. The highest BCUT2D eigenvalue weighted by Gasteiger charge is 2.24. The fourth-order valence-corrected chi connectivity index (χ4v) is 3.69. The van der Waals surface area contributed by atoms with Crippen molar-refractivity contribution in [2.75, 3.05) is 13.1 Å². The molecule has 1 aliphatic heterocycles. The largest absolute Gasteiger partial charge is 0.342 e. The molecule has 5 nitrogen and oxygen atoms in total. The Morgan fingerprint density at radius 2 is 1.81 bits per heavy atom. The van der Waals surface area contributed by atoms with Crippen molar-refractivity contribution in [3.05, 3.63) is 72.3 Å². The van der Waals surface area contributed by atoms with Gasteiger partial charge in [0.05, 0.1) is 12.6 Å². The van der Waals surface area contributed by atoms with E-state index in [1.807, 2.05) is 60.9 Å². The van der Waals surface area contributed by atoms with E-state index < -0.39 is 0 Å². The van der Waals surface area contributed by atoms with Crippen LogP contribution in [0.4, 0.5) is 0 Å². The van der Waals surface area contributed by atoms with E-state index in [4.69, 9.17) is 0 Å². The molecule has 0 spiro atoms. The molecule has 0 atom stereocenters. The number of hydrogen-bond donors (Lipinski definition) is 0. The fourth-order valence-electron chi connectivity index (χ4n) is 3.69. The lowest BCUT2D eigenvalue weighted by Gasteiger charge is -2.32. The highest BCUT2D eigenvalue weighted by molar-refractivity contribution is 5.78. The van der Waals surface area contributed by atoms with Gasteiger partial charge in [-0.15, -0.1) is 0 Å². The van der Waals surface area contributed by atoms with E-state index in [0.29, 0.717) is 12.3 Å². The van der Waals surface area contributed by atoms with Crippen molar-refractivity contribution in [1.82, 2.24) is 19.7 Å². The Kier molecular flexibility index (Phi) is 5.01. The normalized spacial score (nSPS) is 15.1. The van der Waals surface area contributed by atoms with Crippen LogP contribution >= 0.6 is 0 Å². The summed E-state index contributed by atoms with van der Waals surface area (Å²) < 4.78 is 1.80. The Morgan fingerprint density at radius 1 is 1.04 bits per heavy atom. The molecule has 1 aromatic carbocycles.